The highest BCUT2D eigenvalue weighted by molar-refractivity contribution is 5.90. The molecule has 2 aromatic carbocycles. The number of esters is 2. The largest absolute Gasteiger partial charge is 0.494 e. The number of carbonyl (C=O) groups is 2. The lowest BCUT2D eigenvalue weighted by atomic mass is 10.0. The SMILES string of the molecule is CCOc1ccc(-c2ccc(C(=O)OCCCCCCOC(C)=O)cc2)cc1. The summed E-state index contributed by atoms with van der Waals surface area (Å²) in [5.41, 5.74) is 2.65. The van der Waals surface area contributed by atoms with E-state index in [1.807, 2.05) is 43.3 Å². The summed E-state index contributed by atoms with van der Waals surface area (Å²) in [6.07, 6.45) is 3.52. The first-order valence-electron chi connectivity index (χ1n) is 9.74. The first kappa shape index (κ1) is 21.5. The molecular weight excluding hydrogens is 356 g/mol. The van der Waals surface area contributed by atoms with Crippen molar-refractivity contribution in [1.29, 1.82) is 0 Å². The maximum Gasteiger partial charge on any atom is 0.338 e. The van der Waals surface area contributed by atoms with Crippen LogP contribution in [0.25, 0.3) is 11.1 Å². The van der Waals surface area contributed by atoms with Gasteiger partial charge in [-0.25, -0.2) is 4.79 Å². The van der Waals surface area contributed by atoms with Gasteiger partial charge in [0.25, 0.3) is 0 Å². The second-order valence-electron chi connectivity index (χ2n) is 6.42. The maximum atomic E-state index is 12.1. The molecule has 0 saturated carbocycles. The standard InChI is InChI=1S/C23H28O5/c1-3-26-22-14-12-20(13-15-22)19-8-10-21(11-9-19)23(25)28-17-7-5-4-6-16-27-18(2)24/h8-15H,3-7,16-17H2,1-2H3. The van der Waals surface area contributed by atoms with Crippen molar-refractivity contribution >= 4 is 11.9 Å². The Bertz CT molecular complexity index is 735. The van der Waals surface area contributed by atoms with Crippen LogP contribution in [0.15, 0.2) is 48.5 Å². The van der Waals surface area contributed by atoms with Gasteiger partial charge in [-0.15, -0.1) is 0 Å². The highest BCUT2D eigenvalue weighted by Gasteiger charge is 2.07. The number of benzene rings is 2. The fraction of sp³-hybridized carbons (Fsp3) is 0.391. The zero-order valence-corrected chi connectivity index (χ0v) is 16.6. The van der Waals surface area contributed by atoms with Crippen molar-refractivity contribution in [3.63, 3.8) is 0 Å². The number of rotatable bonds is 11. The fourth-order valence-electron chi connectivity index (χ4n) is 2.73. The molecule has 0 aromatic heterocycles. The monoisotopic (exact) mass is 384 g/mol. The molecule has 2 rings (SSSR count). The van der Waals surface area contributed by atoms with E-state index in [1.54, 1.807) is 12.1 Å². The van der Waals surface area contributed by atoms with Gasteiger partial charge in [-0.1, -0.05) is 24.3 Å². The molecule has 0 saturated heterocycles. The average molecular weight is 384 g/mol. The molecule has 5 heteroatoms. The van der Waals surface area contributed by atoms with Crippen LogP contribution in [0.3, 0.4) is 0 Å². The van der Waals surface area contributed by atoms with Crippen LogP contribution in [0, 0.1) is 0 Å². The molecule has 150 valence electrons. The lowest BCUT2D eigenvalue weighted by Gasteiger charge is -2.07. The van der Waals surface area contributed by atoms with Crippen molar-refractivity contribution in [2.75, 3.05) is 19.8 Å². The third kappa shape index (κ3) is 7.43. The van der Waals surface area contributed by atoms with Gasteiger partial charge < -0.3 is 14.2 Å². The minimum absolute atomic E-state index is 0.248. The van der Waals surface area contributed by atoms with Crippen LogP contribution in [0.4, 0.5) is 0 Å². The van der Waals surface area contributed by atoms with E-state index in [0.29, 0.717) is 25.4 Å². The molecule has 0 heterocycles. The van der Waals surface area contributed by atoms with Gasteiger partial charge in [-0.05, 0) is 68.0 Å². The summed E-state index contributed by atoms with van der Waals surface area (Å²) in [4.78, 5) is 22.8. The quantitative estimate of drug-likeness (QED) is 0.401. The van der Waals surface area contributed by atoms with E-state index in [1.165, 1.54) is 6.92 Å². The van der Waals surface area contributed by atoms with Gasteiger partial charge in [-0.3, -0.25) is 4.79 Å². The number of unbranched alkanes of at least 4 members (excludes halogenated alkanes) is 3. The van der Waals surface area contributed by atoms with Gasteiger partial charge in [0.2, 0.25) is 0 Å². The van der Waals surface area contributed by atoms with Crippen molar-refractivity contribution < 1.29 is 23.8 Å². The van der Waals surface area contributed by atoms with Crippen LogP contribution in [0.2, 0.25) is 0 Å². The molecule has 0 aliphatic carbocycles. The minimum Gasteiger partial charge on any atom is -0.494 e. The van der Waals surface area contributed by atoms with Crippen LogP contribution in [-0.4, -0.2) is 31.8 Å². The lowest BCUT2D eigenvalue weighted by Crippen LogP contribution is -2.06. The van der Waals surface area contributed by atoms with Crippen LogP contribution < -0.4 is 4.74 Å². The van der Waals surface area contributed by atoms with Gasteiger partial charge in [0.15, 0.2) is 0 Å². The summed E-state index contributed by atoms with van der Waals surface area (Å²) >= 11 is 0. The van der Waals surface area contributed by atoms with Crippen LogP contribution in [0.1, 0.15) is 49.9 Å². The van der Waals surface area contributed by atoms with Crippen LogP contribution >= 0.6 is 0 Å². The van der Waals surface area contributed by atoms with E-state index < -0.39 is 0 Å². The second-order valence-corrected chi connectivity index (χ2v) is 6.42. The molecule has 0 atom stereocenters. The molecule has 5 nitrogen and oxygen atoms in total. The summed E-state index contributed by atoms with van der Waals surface area (Å²) in [5.74, 6) is 0.290. The van der Waals surface area contributed by atoms with Gasteiger partial charge in [0, 0.05) is 6.92 Å². The molecule has 0 amide bonds. The molecular formula is C23H28O5. The molecule has 0 N–H and O–H groups in total. The van der Waals surface area contributed by atoms with E-state index >= 15 is 0 Å². The number of carbonyl (C=O) groups excluding carboxylic acids is 2. The Labute approximate surface area is 166 Å². The summed E-state index contributed by atoms with van der Waals surface area (Å²) in [5, 5.41) is 0. The number of ether oxygens (including phenoxy) is 3. The Morgan fingerprint density at radius 3 is 1.82 bits per heavy atom. The molecule has 0 aliphatic rings. The Hall–Kier alpha value is -2.82. The summed E-state index contributed by atoms with van der Waals surface area (Å²) in [6, 6.07) is 15.3. The Kier molecular flexibility index (Phi) is 9.05. The molecule has 0 fully saturated rings. The molecule has 0 bridgehead atoms. The van der Waals surface area contributed by atoms with Gasteiger partial charge in [-0.2, -0.15) is 0 Å². The van der Waals surface area contributed by atoms with Gasteiger partial charge >= 0.3 is 11.9 Å². The van der Waals surface area contributed by atoms with E-state index in [2.05, 4.69) is 0 Å². The first-order chi connectivity index (χ1) is 13.6. The predicted molar refractivity (Wildman–Crippen MR) is 108 cm³/mol. The third-order valence-corrected chi connectivity index (χ3v) is 4.20. The topological polar surface area (TPSA) is 61.8 Å². The van der Waals surface area contributed by atoms with Crippen molar-refractivity contribution in [1.82, 2.24) is 0 Å². The highest BCUT2D eigenvalue weighted by atomic mass is 16.5. The van der Waals surface area contributed by atoms with Crippen LogP contribution in [-0.2, 0) is 14.3 Å². The Balaban J connectivity index is 1.72. The van der Waals surface area contributed by atoms with Crippen molar-refractivity contribution in [2.24, 2.45) is 0 Å². The zero-order valence-electron chi connectivity index (χ0n) is 16.6. The maximum absolute atomic E-state index is 12.1. The number of hydrogen-bond donors (Lipinski definition) is 0. The van der Waals surface area contributed by atoms with E-state index in [-0.39, 0.29) is 11.9 Å². The molecule has 0 radical (unpaired) electrons. The van der Waals surface area contributed by atoms with Gasteiger partial charge in [0.1, 0.15) is 5.75 Å². The molecule has 0 aliphatic heterocycles. The van der Waals surface area contributed by atoms with Crippen molar-refractivity contribution in [3.05, 3.63) is 54.1 Å². The summed E-state index contributed by atoms with van der Waals surface area (Å²) < 4.78 is 15.6. The van der Waals surface area contributed by atoms with Crippen molar-refractivity contribution in [2.45, 2.75) is 39.5 Å². The molecule has 0 spiro atoms. The Morgan fingerprint density at radius 2 is 1.29 bits per heavy atom. The third-order valence-electron chi connectivity index (χ3n) is 4.20. The highest BCUT2D eigenvalue weighted by Crippen LogP contribution is 2.23. The smallest absolute Gasteiger partial charge is 0.338 e. The predicted octanol–water partition coefficient (Wildman–Crippen LogP) is 5.03. The van der Waals surface area contributed by atoms with Crippen molar-refractivity contribution in [3.8, 4) is 16.9 Å². The zero-order chi connectivity index (χ0) is 20.2. The van der Waals surface area contributed by atoms with E-state index in [0.717, 1.165) is 42.6 Å². The normalized spacial score (nSPS) is 10.4. The summed E-state index contributed by atoms with van der Waals surface area (Å²) in [7, 11) is 0. The lowest BCUT2D eigenvalue weighted by molar-refractivity contribution is -0.141. The van der Waals surface area contributed by atoms with E-state index in [9.17, 15) is 9.59 Å². The Morgan fingerprint density at radius 1 is 0.750 bits per heavy atom. The minimum atomic E-state index is -0.307. The molecule has 2 aromatic rings. The number of hydrogen-bond acceptors (Lipinski definition) is 5. The van der Waals surface area contributed by atoms with Crippen LogP contribution in [0.5, 0.6) is 5.75 Å². The van der Waals surface area contributed by atoms with Gasteiger partial charge in [0.05, 0.1) is 25.4 Å². The fourth-order valence-corrected chi connectivity index (χ4v) is 2.73. The second kappa shape index (κ2) is 11.8. The summed E-state index contributed by atoms with van der Waals surface area (Å²) in [6.45, 7) is 4.86. The van der Waals surface area contributed by atoms with E-state index in [4.69, 9.17) is 14.2 Å². The first-order valence-corrected chi connectivity index (χ1v) is 9.74. The molecule has 0 unspecified atom stereocenters. The molecule has 28 heavy (non-hydrogen) atoms. The average Bonchev–Trinajstić information content (AvgIpc) is 2.70.